The van der Waals surface area contributed by atoms with Crippen LogP contribution >= 0.6 is 11.6 Å². The Morgan fingerprint density at radius 3 is 2.50 bits per heavy atom. The third-order valence-electron chi connectivity index (χ3n) is 2.75. The van der Waals surface area contributed by atoms with E-state index < -0.39 is 5.41 Å². The van der Waals surface area contributed by atoms with E-state index in [1.54, 1.807) is 24.3 Å². The Labute approximate surface area is 134 Å². The molecule has 22 heavy (non-hydrogen) atoms. The smallest absolute Gasteiger partial charge is 0.230 e. The van der Waals surface area contributed by atoms with Crippen LogP contribution in [0.2, 0.25) is 5.02 Å². The zero-order valence-electron chi connectivity index (χ0n) is 12.6. The van der Waals surface area contributed by atoms with E-state index in [1.807, 2.05) is 32.9 Å². The van der Waals surface area contributed by atoms with Gasteiger partial charge in [-0.2, -0.15) is 0 Å². The first-order chi connectivity index (χ1) is 10.3. The van der Waals surface area contributed by atoms with E-state index in [2.05, 4.69) is 27.4 Å². The van der Waals surface area contributed by atoms with Gasteiger partial charge in [-0.15, -0.1) is 10.2 Å². The summed E-state index contributed by atoms with van der Waals surface area (Å²) in [6.07, 6.45) is 0. The number of carbonyl (C=O) groups excluding carboxylic acids is 1. The molecule has 1 aromatic heterocycles. The molecule has 0 spiro atoms. The summed E-state index contributed by atoms with van der Waals surface area (Å²) in [6, 6.07) is 10.7. The highest BCUT2D eigenvalue weighted by Gasteiger charge is 2.21. The minimum atomic E-state index is -0.479. The molecule has 0 radical (unpaired) electrons. The Balaban J connectivity index is 2.09. The monoisotopic (exact) mass is 313 g/mol. The Kier molecular flexibility index (Phi) is 4.79. The van der Waals surface area contributed by atoms with Gasteiger partial charge in [-0.25, -0.2) is 0 Å². The first-order valence-corrected chi connectivity index (χ1v) is 7.15. The van der Waals surface area contributed by atoms with Crippen LogP contribution < -0.4 is 5.32 Å². The van der Waals surface area contributed by atoms with Crippen LogP contribution in [0.1, 0.15) is 32.0 Å². The van der Waals surface area contributed by atoms with Gasteiger partial charge in [0, 0.05) is 16.0 Å². The molecule has 1 N–H and O–H groups in total. The van der Waals surface area contributed by atoms with Crippen molar-refractivity contribution in [2.45, 2.75) is 20.8 Å². The molecule has 0 unspecified atom stereocenters. The van der Waals surface area contributed by atoms with Gasteiger partial charge in [0.15, 0.2) is 5.82 Å². The molecule has 4 nitrogen and oxygen atoms in total. The van der Waals surface area contributed by atoms with E-state index in [1.165, 1.54) is 0 Å². The SMILES string of the molecule is CC(C)(C)C(=O)Nc1ccc(C#Cc2cccc(Cl)c2)nn1. The third-order valence-corrected chi connectivity index (χ3v) is 2.98. The number of hydrogen-bond acceptors (Lipinski definition) is 3. The molecule has 0 bridgehead atoms. The van der Waals surface area contributed by atoms with Crippen LogP contribution in [0.15, 0.2) is 36.4 Å². The second-order valence-electron chi connectivity index (χ2n) is 5.77. The fraction of sp³-hybridized carbons (Fsp3) is 0.235. The molecule has 1 heterocycles. The lowest BCUT2D eigenvalue weighted by atomic mass is 9.96. The molecule has 5 heteroatoms. The van der Waals surface area contributed by atoms with E-state index in [9.17, 15) is 4.79 Å². The van der Waals surface area contributed by atoms with Gasteiger partial charge in [-0.05, 0) is 36.3 Å². The molecule has 0 atom stereocenters. The number of nitrogens with zero attached hydrogens (tertiary/aromatic N) is 2. The number of halogens is 1. The molecular weight excluding hydrogens is 298 g/mol. The summed E-state index contributed by atoms with van der Waals surface area (Å²) in [6.45, 7) is 5.50. The first-order valence-electron chi connectivity index (χ1n) is 6.77. The van der Waals surface area contributed by atoms with Crippen molar-refractivity contribution in [3.05, 3.63) is 52.7 Å². The summed E-state index contributed by atoms with van der Waals surface area (Å²) in [5.74, 6) is 6.16. The molecule has 2 rings (SSSR count). The lowest BCUT2D eigenvalue weighted by molar-refractivity contribution is -0.123. The van der Waals surface area contributed by atoms with Gasteiger partial charge in [0.2, 0.25) is 5.91 Å². The van der Waals surface area contributed by atoms with Crippen molar-refractivity contribution in [2.75, 3.05) is 5.32 Å². The minimum Gasteiger partial charge on any atom is -0.309 e. The fourth-order valence-corrected chi connectivity index (χ4v) is 1.66. The number of amides is 1. The normalized spacial score (nSPS) is 10.5. The highest BCUT2D eigenvalue weighted by molar-refractivity contribution is 6.30. The number of aromatic nitrogens is 2. The van der Waals surface area contributed by atoms with Crippen LogP contribution in [0, 0.1) is 17.3 Å². The Morgan fingerprint density at radius 1 is 1.14 bits per heavy atom. The molecule has 0 saturated carbocycles. The molecule has 1 amide bonds. The van der Waals surface area contributed by atoms with E-state index in [-0.39, 0.29) is 5.91 Å². The maximum absolute atomic E-state index is 11.8. The number of carbonyl (C=O) groups is 1. The second kappa shape index (κ2) is 6.59. The fourth-order valence-electron chi connectivity index (χ4n) is 1.47. The molecule has 0 saturated heterocycles. The zero-order chi connectivity index (χ0) is 16.2. The van der Waals surface area contributed by atoms with Gasteiger partial charge < -0.3 is 5.32 Å². The van der Waals surface area contributed by atoms with Gasteiger partial charge >= 0.3 is 0 Å². The summed E-state index contributed by atoms with van der Waals surface area (Å²) < 4.78 is 0. The van der Waals surface area contributed by atoms with Crippen molar-refractivity contribution < 1.29 is 4.79 Å². The van der Waals surface area contributed by atoms with Crippen LogP contribution in [-0.4, -0.2) is 16.1 Å². The maximum Gasteiger partial charge on any atom is 0.230 e. The Morgan fingerprint density at radius 2 is 1.91 bits per heavy atom. The highest BCUT2D eigenvalue weighted by Crippen LogP contribution is 2.15. The average molecular weight is 314 g/mol. The first kappa shape index (κ1) is 16.0. The predicted molar refractivity (Wildman–Crippen MR) is 87.5 cm³/mol. The molecule has 1 aromatic carbocycles. The topological polar surface area (TPSA) is 54.9 Å². The van der Waals surface area contributed by atoms with Crippen molar-refractivity contribution in [1.29, 1.82) is 0 Å². The van der Waals surface area contributed by atoms with Gasteiger partial charge in [0.05, 0.1) is 0 Å². The van der Waals surface area contributed by atoms with Gasteiger partial charge in [-0.3, -0.25) is 4.79 Å². The van der Waals surface area contributed by atoms with Crippen molar-refractivity contribution in [2.24, 2.45) is 5.41 Å². The molecule has 0 fully saturated rings. The van der Waals surface area contributed by atoms with Crippen LogP contribution in [0.4, 0.5) is 5.82 Å². The summed E-state index contributed by atoms with van der Waals surface area (Å²) >= 11 is 5.90. The lowest BCUT2D eigenvalue weighted by Gasteiger charge is -2.16. The molecule has 0 aliphatic rings. The second-order valence-corrected chi connectivity index (χ2v) is 6.20. The van der Waals surface area contributed by atoms with E-state index in [0.717, 1.165) is 5.56 Å². The lowest BCUT2D eigenvalue weighted by Crippen LogP contribution is -2.28. The average Bonchev–Trinajstić information content (AvgIpc) is 2.45. The number of nitrogens with one attached hydrogen (secondary N) is 1. The largest absolute Gasteiger partial charge is 0.309 e. The summed E-state index contributed by atoms with van der Waals surface area (Å²) in [4.78, 5) is 11.8. The predicted octanol–water partition coefficient (Wildman–Crippen LogP) is 3.51. The van der Waals surface area contributed by atoms with Gasteiger partial charge in [0.25, 0.3) is 0 Å². The summed E-state index contributed by atoms with van der Waals surface area (Å²) in [5, 5.41) is 11.3. The molecule has 0 aliphatic carbocycles. The van der Waals surface area contributed by atoms with Gasteiger partial charge in [0.1, 0.15) is 5.69 Å². The summed E-state index contributed by atoms with van der Waals surface area (Å²) in [5.41, 5.74) is 0.848. The molecule has 0 aliphatic heterocycles. The van der Waals surface area contributed by atoms with E-state index in [4.69, 9.17) is 11.6 Å². The van der Waals surface area contributed by atoms with Crippen LogP contribution in [-0.2, 0) is 4.79 Å². The standard InChI is InChI=1S/C17H16ClN3O/c1-17(2,3)16(22)19-15-10-9-14(20-21-15)8-7-12-5-4-6-13(18)11-12/h4-6,9-11H,1-3H3,(H,19,21,22). The number of anilines is 1. The van der Waals surface area contributed by atoms with E-state index >= 15 is 0 Å². The minimum absolute atomic E-state index is 0.112. The zero-order valence-corrected chi connectivity index (χ0v) is 13.4. The van der Waals surface area contributed by atoms with Crippen LogP contribution in [0.25, 0.3) is 0 Å². The number of rotatable bonds is 1. The highest BCUT2D eigenvalue weighted by atomic mass is 35.5. The summed E-state index contributed by atoms with van der Waals surface area (Å²) in [7, 11) is 0. The van der Waals surface area contributed by atoms with Crippen molar-refractivity contribution in [1.82, 2.24) is 10.2 Å². The quantitative estimate of drug-likeness (QED) is 0.820. The number of benzene rings is 1. The third kappa shape index (κ3) is 4.57. The Hall–Kier alpha value is -2.38. The van der Waals surface area contributed by atoms with Crippen molar-refractivity contribution in [3.8, 4) is 11.8 Å². The van der Waals surface area contributed by atoms with Crippen molar-refractivity contribution in [3.63, 3.8) is 0 Å². The van der Waals surface area contributed by atoms with E-state index in [0.29, 0.717) is 16.5 Å². The maximum atomic E-state index is 11.8. The van der Waals surface area contributed by atoms with Crippen LogP contribution in [0.3, 0.4) is 0 Å². The molecule has 2 aromatic rings. The van der Waals surface area contributed by atoms with Crippen molar-refractivity contribution >= 4 is 23.3 Å². The molecule has 112 valence electrons. The van der Waals surface area contributed by atoms with Crippen LogP contribution in [0.5, 0.6) is 0 Å². The Bertz CT molecular complexity index is 737. The van der Waals surface area contributed by atoms with Gasteiger partial charge in [-0.1, -0.05) is 44.4 Å². The number of hydrogen-bond donors (Lipinski definition) is 1. The molecular formula is C17H16ClN3O.